The molecule has 0 spiro atoms. The molecule has 1 aromatic heterocycles. The Bertz CT molecular complexity index is 890. The molecule has 0 aliphatic carbocycles. The molecule has 0 aliphatic rings. The van der Waals surface area contributed by atoms with Gasteiger partial charge in [-0.3, -0.25) is 9.36 Å². The lowest BCUT2D eigenvalue weighted by molar-refractivity contribution is 0.184. The fourth-order valence-electron chi connectivity index (χ4n) is 2.87. The second-order valence-electron chi connectivity index (χ2n) is 6.02. The molecule has 0 fully saturated rings. The summed E-state index contributed by atoms with van der Waals surface area (Å²) in [5, 5.41) is 4.10. The van der Waals surface area contributed by atoms with E-state index in [9.17, 15) is 4.79 Å². The van der Waals surface area contributed by atoms with Gasteiger partial charge in [0.1, 0.15) is 5.82 Å². The van der Waals surface area contributed by atoms with E-state index in [0.717, 1.165) is 17.9 Å². The lowest BCUT2D eigenvalue weighted by Gasteiger charge is -2.19. The normalized spacial score (nSPS) is 12.4. The number of aromatic nitrogens is 2. The Balaban J connectivity index is 1.93. The van der Waals surface area contributed by atoms with Crippen LogP contribution in [0.3, 0.4) is 0 Å². The first kappa shape index (κ1) is 17.3. The lowest BCUT2D eigenvalue weighted by atomic mass is 10.2. The molecule has 0 unspecified atom stereocenters. The molecule has 1 atom stereocenters. The number of nitrogens with zero attached hydrogens (tertiary/aromatic N) is 2. The van der Waals surface area contributed by atoms with Gasteiger partial charge in [-0.1, -0.05) is 42.5 Å². The standard InChI is InChI=1S/C20H23N3O2/c1-15(21-14-16-8-4-3-5-9-16)19-22-18-11-7-6-10-17(18)20(24)23(19)12-13-25-2/h3-11,15,21H,12-14H2,1-2H3/t15-/m1/s1. The molecule has 3 rings (SSSR count). The van der Waals surface area contributed by atoms with Crippen molar-refractivity contribution in [3.05, 3.63) is 76.3 Å². The summed E-state index contributed by atoms with van der Waals surface area (Å²) in [6, 6.07) is 17.6. The van der Waals surface area contributed by atoms with Crippen LogP contribution in [-0.4, -0.2) is 23.3 Å². The molecule has 3 aromatic rings. The molecule has 5 nitrogen and oxygen atoms in total. The number of fused-ring (bicyclic) bond motifs is 1. The van der Waals surface area contributed by atoms with Crippen LogP contribution in [0.5, 0.6) is 0 Å². The number of benzene rings is 2. The van der Waals surface area contributed by atoms with Crippen LogP contribution in [0.2, 0.25) is 0 Å². The van der Waals surface area contributed by atoms with E-state index in [1.807, 2.05) is 49.4 Å². The number of nitrogens with one attached hydrogen (secondary N) is 1. The molecule has 0 radical (unpaired) electrons. The van der Waals surface area contributed by atoms with Crippen LogP contribution >= 0.6 is 0 Å². The first-order valence-electron chi connectivity index (χ1n) is 8.46. The molecule has 1 N–H and O–H groups in total. The van der Waals surface area contributed by atoms with Gasteiger partial charge in [-0.05, 0) is 24.6 Å². The summed E-state index contributed by atoms with van der Waals surface area (Å²) in [6.07, 6.45) is 0. The van der Waals surface area contributed by atoms with Crippen LogP contribution in [0.15, 0.2) is 59.4 Å². The van der Waals surface area contributed by atoms with E-state index in [2.05, 4.69) is 17.4 Å². The smallest absolute Gasteiger partial charge is 0.261 e. The molecule has 0 saturated carbocycles. The fourth-order valence-corrected chi connectivity index (χ4v) is 2.87. The Hall–Kier alpha value is -2.50. The highest BCUT2D eigenvalue weighted by Crippen LogP contribution is 2.14. The minimum atomic E-state index is -0.0608. The predicted molar refractivity (Wildman–Crippen MR) is 99.6 cm³/mol. The van der Waals surface area contributed by atoms with Crippen molar-refractivity contribution in [3.8, 4) is 0 Å². The van der Waals surface area contributed by atoms with E-state index in [4.69, 9.17) is 9.72 Å². The van der Waals surface area contributed by atoms with Crippen LogP contribution in [0.25, 0.3) is 10.9 Å². The van der Waals surface area contributed by atoms with Gasteiger partial charge in [-0.2, -0.15) is 0 Å². The second-order valence-corrected chi connectivity index (χ2v) is 6.02. The first-order chi connectivity index (χ1) is 12.2. The number of para-hydroxylation sites is 1. The Labute approximate surface area is 147 Å². The molecule has 0 amide bonds. The maximum atomic E-state index is 12.9. The first-order valence-corrected chi connectivity index (χ1v) is 8.46. The van der Waals surface area contributed by atoms with Crippen molar-refractivity contribution in [2.75, 3.05) is 13.7 Å². The van der Waals surface area contributed by atoms with Gasteiger partial charge >= 0.3 is 0 Å². The highest BCUT2D eigenvalue weighted by Gasteiger charge is 2.16. The van der Waals surface area contributed by atoms with E-state index in [1.165, 1.54) is 5.56 Å². The van der Waals surface area contributed by atoms with Gasteiger partial charge in [0.25, 0.3) is 5.56 Å². The maximum absolute atomic E-state index is 12.9. The van der Waals surface area contributed by atoms with E-state index >= 15 is 0 Å². The third-order valence-electron chi connectivity index (χ3n) is 4.25. The summed E-state index contributed by atoms with van der Waals surface area (Å²) in [7, 11) is 1.64. The summed E-state index contributed by atoms with van der Waals surface area (Å²) in [5.41, 5.74) is 1.90. The van der Waals surface area contributed by atoms with Crippen molar-refractivity contribution < 1.29 is 4.74 Å². The third kappa shape index (κ3) is 3.95. The predicted octanol–water partition coefficient (Wildman–Crippen LogP) is 2.89. The van der Waals surface area contributed by atoms with Crippen LogP contribution < -0.4 is 10.9 Å². The zero-order valence-corrected chi connectivity index (χ0v) is 14.6. The summed E-state index contributed by atoms with van der Waals surface area (Å²) in [5.74, 6) is 0.733. The molecule has 0 aliphatic heterocycles. The highest BCUT2D eigenvalue weighted by atomic mass is 16.5. The number of hydrogen-bond donors (Lipinski definition) is 1. The summed E-state index contributed by atoms with van der Waals surface area (Å²) < 4.78 is 6.89. The number of hydrogen-bond acceptors (Lipinski definition) is 4. The van der Waals surface area contributed by atoms with Gasteiger partial charge in [-0.25, -0.2) is 4.98 Å². The van der Waals surface area contributed by atoms with Crippen molar-refractivity contribution in [1.29, 1.82) is 0 Å². The van der Waals surface area contributed by atoms with Gasteiger partial charge in [0.15, 0.2) is 0 Å². The van der Waals surface area contributed by atoms with Crippen molar-refractivity contribution in [2.24, 2.45) is 0 Å². The molecule has 0 bridgehead atoms. The van der Waals surface area contributed by atoms with Crippen LogP contribution in [0, 0.1) is 0 Å². The van der Waals surface area contributed by atoms with Crippen molar-refractivity contribution >= 4 is 10.9 Å². The zero-order chi connectivity index (χ0) is 17.6. The highest BCUT2D eigenvalue weighted by molar-refractivity contribution is 5.77. The van der Waals surface area contributed by atoms with Gasteiger partial charge in [0.2, 0.25) is 0 Å². The summed E-state index contributed by atoms with van der Waals surface area (Å²) in [4.78, 5) is 17.6. The third-order valence-corrected chi connectivity index (χ3v) is 4.25. The topological polar surface area (TPSA) is 56.1 Å². The monoisotopic (exact) mass is 337 g/mol. The Morgan fingerprint density at radius 3 is 2.60 bits per heavy atom. The Morgan fingerprint density at radius 1 is 1.12 bits per heavy atom. The largest absolute Gasteiger partial charge is 0.383 e. The van der Waals surface area contributed by atoms with Gasteiger partial charge in [0, 0.05) is 13.7 Å². The number of methoxy groups -OCH3 is 1. The molecular weight excluding hydrogens is 314 g/mol. The summed E-state index contributed by atoms with van der Waals surface area (Å²) >= 11 is 0. The molecule has 25 heavy (non-hydrogen) atoms. The van der Waals surface area contributed by atoms with E-state index < -0.39 is 0 Å². The average Bonchev–Trinajstić information content (AvgIpc) is 2.66. The van der Waals surface area contributed by atoms with Gasteiger partial charge in [-0.15, -0.1) is 0 Å². The molecule has 0 saturated heterocycles. The molecular formula is C20H23N3O2. The SMILES string of the molecule is COCCn1c([C@@H](C)NCc2ccccc2)nc2ccccc2c1=O. The Morgan fingerprint density at radius 2 is 1.84 bits per heavy atom. The molecule has 5 heteroatoms. The second kappa shape index (κ2) is 8.05. The van der Waals surface area contributed by atoms with Crippen LogP contribution in [-0.2, 0) is 17.8 Å². The maximum Gasteiger partial charge on any atom is 0.261 e. The number of rotatable bonds is 7. The van der Waals surface area contributed by atoms with Crippen molar-refractivity contribution in [2.45, 2.75) is 26.1 Å². The van der Waals surface area contributed by atoms with E-state index in [0.29, 0.717) is 18.5 Å². The average molecular weight is 337 g/mol. The van der Waals surface area contributed by atoms with E-state index in [1.54, 1.807) is 11.7 Å². The summed E-state index contributed by atoms with van der Waals surface area (Å²) in [6.45, 7) is 3.70. The van der Waals surface area contributed by atoms with Crippen LogP contribution in [0.1, 0.15) is 24.4 Å². The van der Waals surface area contributed by atoms with Crippen LogP contribution in [0.4, 0.5) is 0 Å². The molecule has 2 aromatic carbocycles. The molecule has 1 heterocycles. The van der Waals surface area contributed by atoms with Gasteiger partial charge in [0.05, 0.1) is 30.1 Å². The van der Waals surface area contributed by atoms with E-state index in [-0.39, 0.29) is 11.6 Å². The fraction of sp³-hybridized carbons (Fsp3) is 0.300. The van der Waals surface area contributed by atoms with Crippen molar-refractivity contribution in [1.82, 2.24) is 14.9 Å². The van der Waals surface area contributed by atoms with Crippen molar-refractivity contribution in [3.63, 3.8) is 0 Å². The Kier molecular flexibility index (Phi) is 5.58. The minimum absolute atomic E-state index is 0.0222. The quantitative estimate of drug-likeness (QED) is 0.720. The lowest BCUT2D eigenvalue weighted by Crippen LogP contribution is -2.32. The number of ether oxygens (including phenoxy) is 1. The zero-order valence-electron chi connectivity index (χ0n) is 14.6. The molecule has 130 valence electrons. The minimum Gasteiger partial charge on any atom is -0.383 e. The van der Waals surface area contributed by atoms with Gasteiger partial charge < -0.3 is 10.1 Å².